The fourth-order valence-electron chi connectivity index (χ4n) is 3.16. The number of rotatable bonds is 4. The van der Waals surface area contributed by atoms with Gasteiger partial charge in [-0.05, 0) is 66.8 Å². The molecule has 4 rings (SSSR count). The third-order valence-corrected chi connectivity index (χ3v) is 5.87. The van der Waals surface area contributed by atoms with Crippen LogP contribution in [0.2, 0.25) is 0 Å². The third kappa shape index (κ3) is 3.02. The Balaban J connectivity index is 1.58. The Bertz CT molecular complexity index is 1020. The van der Waals surface area contributed by atoms with Crippen LogP contribution >= 0.6 is 0 Å². The highest BCUT2D eigenvalue weighted by molar-refractivity contribution is 7.92. The molecule has 1 heterocycles. The van der Waals surface area contributed by atoms with Gasteiger partial charge in [-0.1, -0.05) is 6.07 Å². The number of aromatic nitrogens is 3. The van der Waals surface area contributed by atoms with E-state index in [1.165, 1.54) is 5.56 Å². The molecular weight excluding hydrogens is 336 g/mol. The summed E-state index contributed by atoms with van der Waals surface area (Å²) in [5, 5.41) is 7.89. The minimum atomic E-state index is -3.59. The molecule has 0 radical (unpaired) electrons. The maximum atomic E-state index is 12.6. The van der Waals surface area contributed by atoms with Crippen molar-refractivity contribution >= 4 is 15.7 Å². The van der Waals surface area contributed by atoms with Crippen LogP contribution < -0.4 is 4.72 Å². The first-order valence-corrected chi connectivity index (χ1v) is 9.60. The normalized spacial score (nSPS) is 13.6. The number of hydrogen-bond donors (Lipinski definition) is 1. The Morgan fingerprint density at radius 3 is 2.52 bits per heavy atom. The number of anilines is 1. The molecule has 1 aliphatic carbocycles. The monoisotopic (exact) mass is 354 g/mol. The van der Waals surface area contributed by atoms with E-state index in [1.807, 2.05) is 29.8 Å². The number of hydrogen-bond acceptors (Lipinski definition) is 4. The van der Waals surface area contributed by atoms with Crippen molar-refractivity contribution in [2.75, 3.05) is 4.72 Å². The number of benzene rings is 2. The minimum absolute atomic E-state index is 0.311. The summed E-state index contributed by atoms with van der Waals surface area (Å²) in [5.74, 6) is 0.730. The fourth-order valence-corrected chi connectivity index (χ4v) is 4.27. The van der Waals surface area contributed by atoms with Gasteiger partial charge in [0, 0.05) is 18.3 Å². The van der Waals surface area contributed by atoms with Crippen LogP contribution in [0.25, 0.3) is 11.4 Å². The summed E-state index contributed by atoms with van der Waals surface area (Å²) in [6, 6.07) is 12.5. The maximum Gasteiger partial charge on any atom is 0.261 e. The first-order chi connectivity index (χ1) is 12.0. The Morgan fingerprint density at radius 1 is 1.04 bits per heavy atom. The lowest BCUT2D eigenvalue weighted by Crippen LogP contribution is -2.13. The molecule has 0 spiro atoms. The zero-order chi connectivity index (χ0) is 17.4. The van der Waals surface area contributed by atoms with E-state index in [4.69, 9.17) is 0 Å². The van der Waals surface area contributed by atoms with Gasteiger partial charge in [0.05, 0.1) is 4.90 Å². The van der Waals surface area contributed by atoms with E-state index in [9.17, 15) is 8.42 Å². The zero-order valence-corrected chi connectivity index (χ0v) is 14.6. The predicted octanol–water partition coefficient (Wildman–Crippen LogP) is 2.77. The van der Waals surface area contributed by atoms with Gasteiger partial charge in [0.2, 0.25) is 0 Å². The topological polar surface area (TPSA) is 76.9 Å². The average molecular weight is 354 g/mol. The van der Waals surface area contributed by atoms with Gasteiger partial charge >= 0.3 is 0 Å². The van der Waals surface area contributed by atoms with Gasteiger partial charge in [-0.2, -0.15) is 0 Å². The zero-order valence-electron chi connectivity index (χ0n) is 13.8. The molecule has 0 saturated heterocycles. The first kappa shape index (κ1) is 15.8. The second-order valence-corrected chi connectivity index (χ2v) is 7.91. The molecule has 1 N–H and O–H groups in total. The summed E-state index contributed by atoms with van der Waals surface area (Å²) in [6.07, 6.45) is 4.70. The van der Waals surface area contributed by atoms with E-state index in [1.54, 1.807) is 30.6 Å². The van der Waals surface area contributed by atoms with Crippen molar-refractivity contribution in [1.29, 1.82) is 0 Å². The highest BCUT2D eigenvalue weighted by Crippen LogP contribution is 2.26. The van der Waals surface area contributed by atoms with Gasteiger partial charge in [-0.15, -0.1) is 10.2 Å². The quantitative estimate of drug-likeness (QED) is 0.781. The summed E-state index contributed by atoms with van der Waals surface area (Å²) in [7, 11) is -1.73. The average Bonchev–Trinajstić information content (AvgIpc) is 3.23. The molecule has 2 aromatic carbocycles. The van der Waals surface area contributed by atoms with Crippen molar-refractivity contribution in [3.8, 4) is 11.4 Å². The fraction of sp³-hybridized carbons (Fsp3) is 0.222. The van der Waals surface area contributed by atoms with Crippen molar-refractivity contribution in [2.24, 2.45) is 7.05 Å². The SMILES string of the molecule is Cn1cnnc1-c1ccc(NS(=O)(=O)c2ccc3c(c2)CCC3)cc1. The smallest absolute Gasteiger partial charge is 0.261 e. The molecule has 6 nitrogen and oxygen atoms in total. The van der Waals surface area contributed by atoms with Crippen molar-refractivity contribution < 1.29 is 8.42 Å². The Morgan fingerprint density at radius 2 is 1.80 bits per heavy atom. The minimum Gasteiger partial charge on any atom is -0.317 e. The Hall–Kier alpha value is -2.67. The summed E-state index contributed by atoms with van der Waals surface area (Å²) in [4.78, 5) is 0.311. The van der Waals surface area contributed by atoms with E-state index in [-0.39, 0.29) is 0 Å². The number of fused-ring (bicyclic) bond motifs is 1. The molecule has 0 atom stereocenters. The number of sulfonamides is 1. The summed E-state index contributed by atoms with van der Waals surface area (Å²) in [5.41, 5.74) is 3.79. The molecule has 3 aromatic rings. The van der Waals surface area contributed by atoms with Gasteiger partial charge in [0.15, 0.2) is 5.82 Å². The first-order valence-electron chi connectivity index (χ1n) is 8.12. The van der Waals surface area contributed by atoms with E-state index in [2.05, 4.69) is 14.9 Å². The van der Waals surface area contributed by atoms with Crippen molar-refractivity contribution in [3.05, 3.63) is 59.9 Å². The molecule has 1 aromatic heterocycles. The lowest BCUT2D eigenvalue weighted by atomic mass is 10.1. The van der Waals surface area contributed by atoms with Crippen LogP contribution in [0.1, 0.15) is 17.5 Å². The van der Waals surface area contributed by atoms with Crippen LogP contribution in [0.4, 0.5) is 5.69 Å². The molecule has 128 valence electrons. The van der Waals surface area contributed by atoms with Crippen LogP contribution in [-0.2, 0) is 29.9 Å². The predicted molar refractivity (Wildman–Crippen MR) is 95.7 cm³/mol. The van der Waals surface area contributed by atoms with Gasteiger partial charge in [-0.3, -0.25) is 4.72 Å². The molecular formula is C18H18N4O2S. The summed E-state index contributed by atoms with van der Waals surface area (Å²) >= 11 is 0. The Kier molecular flexibility index (Phi) is 3.80. The van der Waals surface area contributed by atoms with E-state index < -0.39 is 10.0 Å². The van der Waals surface area contributed by atoms with Gasteiger partial charge in [0.25, 0.3) is 10.0 Å². The highest BCUT2D eigenvalue weighted by Gasteiger charge is 2.18. The molecule has 0 fully saturated rings. The molecule has 0 aliphatic heterocycles. The highest BCUT2D eigenvalue weighted by atomic mass is 32.2. The van der Waals surface area contributed by atoms with Crippen LogP contribution in [0.5, 0.6) is 0 Å². The van der Waals surface area contributed by atoms with Crippen LogP contribution in [0.3, 0.4) is 0 Å². The van der Waals surface area contributed by atoms with Crippen molar-refractivity contribution in [1.82, 2.24) is 14.8 Å². The Labute approximate surface area is 146 Å². The standard InChI is InChI=1S/C18H18N4O2S/c1-22-12-19-20-18(22)14-5-8-16(9-6-14)21-25(23,24)17-10-7-13-3-2-4-15(13)11-17/h5-12,21H,2-4H2,1H3. The molecule has 0 unspecified atom stereocenters. The van der Waals surface area contributed by atoms with Crippen LogP contribution in [0.15, 0.2) is 53.7 Å². The number of aryl methyl sites for hydroxylation is 3. The molecule has 0 bridgehead atoms. The summed E-state index contributed by atoms with van der Waals surface area (Å²) < 4.78 is 29.7. The van der Waals surface area contributed by atoms with Crippen LogP contribution in [-0.4, -0.2) is 23.2 Å². The van der Waals surface area contributed by atoms with Crippen LogP contribution in [0, 0.1) is 0 Å². The number of nitrogens with one attached hydrogen (secondary N) is 1. The second-order valence-electron chi connectivity index (χ2n) is 6.23. The second kappa shape index (κ2) is 6.00. The van der Waals surface area contributed by atoms with E-state index in [0.29, 0.717) is 10.6 Å². The van der Waals surface area contributed by atoms with Gasteiger partial charge in [-0.25, -0.2) is 8.42 Å². The molecule has 0 saturated carbocycles. The van der Waals surface area contributed by atoms with Gasteiger partial charge in [0.1, 0.15) is 6.33 Å². The number of nitrogens with zero attached hydrogens (tertiary/aromatic N) is 3. The third-order valence-electron chi connectivity index (χ3n) is 4.49. The van der Waals surface area contributed by atoms with Crippen molar-refractivity contribution in [2.45, 2.75) is 24.2 Å². The van der Waals surface area contributed by atoms with E-state index in [0.717, 1.165) is 36.2 Å². The molecule has 1 aliphatic rings. The van der Waals surface area contributed by atoms with Gasteiger partial charge < -0.3 is 4.57 Å². The lowest BCUT2D eigenvalue weighted by Gasteiger charge is -2.10. The van der Waals surface area contributed by atoms with E-state index >= 15 is 0 Å². The van der Waals surface area contributed by atoms with Crippen molar-refractivity contribution in [3.63, 3.8) is 0 Å². The largest absolute Gasteiger partial charge is 0.317 e. The maximum absolute atomic E-state index is 12.6. The molecule has 0 amide bonds. The summed E-state index contributed by atoms with van der Waals surface area (Å²) in [6.45, 7) is 0. The lowest BCUT2D eigenvalue weighted by molar-refractivity contribution is 0.601. The molecule has 7 heteroatoms. The molecule has 25 heavy (non-hydrogen) atoms.